The average molecular weight is 287 g/mol. The Morgan fingerprint density at radius 3 is 2.25 bits per heavy atom. The Morgan fingerprint density at radius 2 is 1.88 bits per heavy atom. The second-order valence-corrected chi connectivity index (χ2v) is 4.25. The molecule has 0 bridgehead atoms. The minimum absolute atomic E-state index is 0.276. The second kappa shape index (κ2) is 7.21. The van der Waals surface area contributed by atoms with Gasteiger partial charge in [-0.25, -0.2) is 0 Å². The molecular formula is C7H5Cl3N2O4. The number of phenolic OH excluding ortho intramolecular Hbond substituents is 1. The first-order valence-corrected chi connectivity index (χ1v) is 4.92. The summed E-state index contributed by atoms with van der Waals surface area (Å²) in [5.74, 6) is -0.365. The van der Waals surface area contributed by atoms with Crippen LogP contribution in [0.5, 0.6) is 5.75 Å². The highest BCUT2D eigenvalue weighted by atomic mass is 35.6. The number of nitroso groups, excluding NO2 is 1. The highest BCUT2D eigenvalue weighted by molar-refractivity contribution is 6.63. The zero-order valence-electron chi connectivity index (χ0n) is 7.51. The number of phenols is 1. The molecule has 1 aromatic carbocycles. The van der Waals surface area contributed by atoms with E-state index in [9.17, 15) is 15.0 Å². The Morgan fingerprint density at radius 1 is 1.38 bits per heavy atom. The molecule has 1 N–H and O–H groups in total. The summed E-state index contributed by atoms with van der Waals surface area (Å²) in [4.78, 5) is 19.5. The van der Waals surface area contributed by atoms with Crippen LogP contribution in [-0.2, 0) is 0 Å². The third-order valence-corrected chi connectivity index (χ3v) is 1.27. The summed E-state index contributed by atoms with van der Waals surface area (Å²) in [5, 5.41) is 21.5. The predicted molar refractivity (Wildman–Crippen MR) is 61.6 cm³/mol. The Kier molecular flexibility index (Phi) is 6.71. The summed E-state index contributed by atoms with van der Waals surface area (Å²) in [7, 11) is 0. The molecule has 1 rings (SSSR count). The van der Waals surface area contributed by atoms with E-state index in [-0.39, 0.29) is 17.1 Å². The Bertz CT molecular complexity index is 383. The molecule has 0 heterocycles. The van der Waals surface area contributed by atoms with Crippen molar-refractivity contribution in [1.82, 2.24) is 0 Å². The van der Waals surface area contributed by atoms with Gasteiger partial charge in [0.2, 0.25) is 0 Å². The number of nitro groups is 1. The summed E-state index contributed by atoms with van der Waals surface area (Å²) in [6.45, 7) is 0. The fourth-order valence-electron chi connectivity index (χ4n) is 0.699. The lowest BCUT2D eigenvalue weighted by atomic mass is 10.2. The van der Waals surface area contributed by atoms with E-state index < -0.39 is 9.22 Å². The molecule has 0 fully saturated rings. The van der Waals surface area contributed by atoms with E-state index in [0.717, 1.165) is 18.2 Å². The number of nitrogens with zero attached hydrogens (tertiary/aromatic N) is 2. The lowest BCUT2D eigenvalue weighted by molar-refractivity contribution is -0.384. The first-order valence-electron chi connectivity index (χ1n) is 3.61. The predicted octanol–water partition coefficient (Wildman–Crippen LogP) is 3.68. The minimum atomic E-state index is -0.750. The Hall–Kier alpha value is -1.11. The molecule has 9 heteroatoms. The van der Waals surface area contributed by atoms with Gasteiger partial charge in [0.25, 0.3) is 5.69 Å². The van der Waals surface area contributed by atoms with Crippen molar-refractivity contribution < 1.29 is 10.0 Å². The van der Waals surface area contributed by atoms with Gasteiger partial charge in [-0.3, -0.25) is 10.1 Å². The molecule has 0 aliphatic carbocycles. The van der Waals surface area contributed by atoms with Gasteiger partial charge in [0.15, 0.2) is 9.98 Å². The highest BCUT2D eigenvalue weighted by Crippen LogP contribution is 2.29. The molecule has 0 amide bonds. The highest BCUT2D eigenvalue weighted by Gasteiger charge is 2.09. The van der Waals surface area contributed by atoms with Crippen LogP contribution in [0.2, 0.25) is 0 Å². The van der Waals surface area contributed by atoms with E-state index in [2.05, 4.69) is 5.18 Å². The number of non-ortho nitro benzene ring substituents is 1. The number of hydrogen-bond acceptors (Lipinski definition) is 5. The van der Waals surface area contributed by atoms with Crippen molar-refractivity contribution in [3.8, 4) is 5.75 Å². The van der Waals surface area contributed by atoms with Crippen molar-refractivity contribution in [3.05, 3.63) is 33.2 Å². The maximum absolute atomic E-state index is 10.2. The molecule has 1 aromatic rings. The average Bonchev–Trinajstić information content (AvgIpc) is 2.17. The van der Waals surface area contributed by atoms with Crippen molar-refractivity contribution in [2.75, 3.05) is 0 Å². The van der Waals surface area contributed by atoms with Gasteiger partial charge in [0.05, 0.1) is 4.92 Å². The number of benzene rings is 1. The van der Waals surface area contributed by atoms with Crippen LogP contribution in [0.15, 0.2) is 23.4 Å². The van der Waals surface area contributed by atoms with Crippen LogP contribution in [0.4, 0.5) is 11.4 Å². The standard InChI is InChI=1S/C6H4N2O4.CHCl3/c9-6-2-1-4(8(11)12)3-5(6)7-10;2-1(3)4/h1-3,9H;1H. The van der Waals surface area contributed by atoms with Crippen LogP contribution < -0.4 is 0 Å². The maximum Gasteiger partial charge on any atom is 0.271 e. The molecule has 16 heavy (non-hydrogen) atoms. The molecule has 0 atom stereocenters. The third-order valence-electron chi connectivity index (χ3n) is 1.27. The van der Waals surface area contributed by atoms with Gasteiger partial charge in [-0.15, -0.1) is 4.91 Å². The number of alkyl halides is 3. The molecule has 0 saturated heterocycles. The normalized spacial score (nSPS) is 9.25. The molecule has 0 aliphatic heterocycles. The van der Waals surface area contributed by atoms with E-state index >= 15 is 0 Å². The summed E-state index contributed by atoms with van der Waals surface area (Å²) in [6, 6.07) is 3.04. The molecule has 88 valence electrons. The van der Waals surface area contributed by atoms with Gasteiger partial charge in [0.1, 0.15) is 5.75 Å². The quantitative estimate of drug-likeness (QED) is 0.388. The zero-order chi connectivity index (χ0) is 12.7. The molecule has 0 spiro atoms. The summed E-state index contributed by atoms with van der Waals surface area (Å²) in [6.07, 6.45) is 0. The molecule has 0 aromatic heterocycles. The molecule has 6 nitrogen and oxygen atoms in total. The first-order chi connectivity index (χ1) is 7.38. The summed E-state index contributed by atoms with van der Waals surface area (Å²) < 4.78 is -0.750. The van der Waals surface area contributed by atoms with Gasteiger partial charge < -0.3 is 5.11 Å². The largest absolute Gasteiger partial charge is 0.506 e. The smallest absolute Gasteiger partial charge is 0.271 e. The molecular weight excluding hydrogens is 282 g/mol. The molecule has 0 unspecified atom stereocenters. The van der Waals surface area contributed by atoms with Crippen molar-refractivity contribution in [2.45, 2.75) is 4.30 Å². The minimum Gasteiger partial charge on any atom is -0.506 e. The Balaban J connectivity index is 0.000000487. The van der Waals surface area contributed by atoms with Crippen molar-refractivity contribution in [3.63, 3.8) is 0 Å². The molecule has 0 radical (unpaired) electrons. The van der Waals surface area contributed by atoms with E-state index in [4.69, 9.17) is 39.9 Å². The van der Waals surface area contributed by atoms with Gasteiger partial charge in [-0.1, -0.05) is 34.8 Å². The van der Waals surface area contributed by atoms with Crippen LogP contribution in [0.25, 0.3) is 0 Å². The van der Waals surface area contributed by atoms with Crippen LogP contribution >= 0.6 is 34.8 Å². The Labute approximate surface area is 105 Å². The number of rotatable bonds is 2. The fourth-order valence-corrected chi connectivity index (χ4v) is 0.699. The van der Waals surface area contributed by atoms with Crippen molar-refractivity contribution in [1.29, 1.82) is 0 Å². The number of aromatic hydroxyl groups is 1. The van der Waals surface area contributed by atoms with Crippen LogP contribution in [0, 0.1) is 15.0 Å². The summed E-state index contributed by atoms with van der Waals surface area (Å²) in [5.41, 5.74) is -0.605. The summed E-state index contributed by atoms with van der Waals surface area (Å²) >= 11 is 14.4. The number of hydrogen-bond donors (Lipinski definition) is 1. The maximum atomic E-state index is 10.2. The molecule has 0 saturated carbocycles. The van der Waals surface area contributed by atoms with Gasteiger partial charge in [-0.2, -0.15) is 0 Å². The number of nitro benzene ring substituents is 1. The topological polar surface area (TPSA) is 92.8 Å². The van der Waals surface area contributed by atoms with E-state index in [0.29, 0.717) is 0 Å². The van der Waals surface area contributed by atoms with Gasteiger partial charge >= 0.3 is 0 Å². The van der Waals surface area contributed by atoms with E-state index in [1.165, 1.54) is 0 Å². The monoisotopic (exact) mass is 286 g/mol. The van der Waals surface area contributed by atoms with Crippen LogP contribution in [0.1, 0.15) is 0 Å². The first kappa shape index (κ1) is 14.9. The third kappa shape index (κ3) is 5.69. The van der Waals surface area contributed by atoms with E-state index in [1.807, 2.05) is 0 Å². The second-order valence-electron chi connectivity index (χ2n) is 2.27. The van der Waals surface area contributed by atoms with Crippen LogP contribution in [0.3, 0.4) is 0 Å². The molecule has 0 aliphatic rings. The lowest BCUT2D eigenvalue weighted by Gasteiger charge is -1.94. The number of halogens is 3. The lowest BCUT2D eigenvalue weighted by Crippen LogP contribution is -1.86. The van der Waals surface area contributed by atoms with Crippen LogP contribution in [-0.4, -0.2) is 14.3 Å². The zero-order valence-corrected chi connectivity index (χ0v) is 9.78. The fraction of sp³-hybridized carbons (Fsp3) is 0.143. The van der Waals surface area contributed by atoms with Gasteiger partial charge in [0, 0.05) is 12.1 Å². The van der Waals surface area contributed by atoms with Crippen molar-refractivity contribution in [2.24, 2.45) is 5.18 Å². The van der Waals surface area contributed by atoms with Crippen molar-refractivity contribution >= 4 is 46.2 Å². The van der Waals surface area contributed by atoms with E-state index in [1.54, 1.807) is 0 Å². The van der Waals surface area contributed by atoms with Gasteiger partial charge in [-0.05, 0) is 11.2 Å². The SMILES string of the molecule is ClC(Cl)Cl.O=Nc1cc([N+](=O)[O-])ccc1O.